The first kappa shape index (κ1) is 10.9. The average Bonchev–Trinajstić information content (AvgIpc) is 2.12. The number of aryl methyl sites for hydroxylation is 1. The van der Waals surface area contributed by atoms with Gasteiger partial charge < -0.3 is 4.74 Å². The van der Waals surface area contributed by atoms with E-state index in [4.69, 9.17) is 4.74 Å². The molecule has 0 aromatic heterocycles. The van der Waals surface area contributed by atoms with E-state index in [0.717, 1.165) is 29.0 Å². The molecule has 0 fully saturated rings. The molecule has 1 aromatic rings. The molecule has 0 bridgehead atoms. The van der Waals surface area contributed by atoms with Crippen molar-refractivity contribution in [3.8, 4) is 5.75 Å². The SMILES string of the molecule is Cc1cc(OCCCS)ccc1Br. The summed E-state index contributed by atoms with van der Waals surface area (Å²) >= 11 is 7.56. The standard InChI is InChI=1S/C10H13BrOS/c1-8-7-9(3-4-10(8)11)12-5-2-6-13/h3-4,7,13H,2,5-6H2,1H3. The summed E-state index contributed by atoms with van der Waals surface area (Å²) in [5, 5.41) is 0. The monoisotopic (exact) mass is 260 g/mol. The van der Waals surface area contributed by atoms with Crippen LogP contribution < -0.4 is 4.74 Å². The van der Waals surface area contributed by atoms with E-state index in [2.05, 4.69) is 35.5 Å². The second-order valence-corrected chi connectivity index (χ2v) is 4.14. The van der Waals surface area contributed by atoms with Crippen LogP contribution in [-0.2, 0) is 0 Å². The first-order chi connectivity index (χ1) is 6.24. The van der Waals surface area contributed by atoms with Gasteiger partial charge in [0.15, 0.2) is 0 Å². The molecule has 0 spiro atoms. The minimum absolute atomic E-state index is 0.741. The van der Waals surface area contributed by atoms with E-state index in [1.54, 1.807) is 0 Å². The zero-order chi connectivity index (χ0) is 9.68. The van der Waals surface area contributed by atoms with Crippen LogP contribution >= 0.6 is 28.6 Å². The number of hydrogen-bond acceptors (Lipinski definition) is 2. The van der Waals surface area contributed by atoms with Crippen molar-refractivity contribution >= 4 is 28.6 Å². The van der Waals surface area contributed by atoms with Gasteiger partial charge in [0, 0.05) is 4.47 Å². The quantitative estimate of drug-likeness (QED) is 0.645. The van der Waals surface area contributed by atoms with Gasteiger partial charge in [-0.1, -0.05) is 15.9 Å². The van der Waals surface area contributed by atoms with E-state index in [0.29, 0.717) is 0 Å². The summed E-state index contributed by atoms with van der Waals surface area (Å²) in [4.78, 5) is 0. The molecule has 0 N–H and O–H groups in total. The fourth-order valence-electron chi connectivity index (χ4n) is 0.962. The highest BCUT2D eigenvalue weighted by Crippen LogP contribution is 2.21. The van der Waals surface area contributed by atoms with Crippen LogP contribution in [0.4, 0.5) is 0 Å². The summed E-state index contributed by atoms with van der Waals surface area (Å²) in [5.41, 5.74) is 1.20. The summed E-state index contributed by atoms with van der Waals surface area (Å²) in [7, 11) is 0. The molecule has 0 saturated carbocycles. The lowest BCUT2D eigenvalue weighted by molar-refractivity contribution is 0.318. The molecule has 0 unspecified atom stereocenters. The highest BCUT2D eigenvalue weighted by Gasteiger charge is 1.97. The molecule has 0 heterocycles. The van der Waals surface area contributed by atoms with E-state index < -0.39 is 0 Å². The normalized spacial score (nSPS) is 10.1. The van der Waals surface area contributed by atoms with Crippen LogP contribution in [0.25, 0.3) is 0 Å². The molecule has 0 aliphatic heterocycles. The van der Waals surface area contributed by atoms with Gasteiger partial charge in [-0.3, -0.25) is 0 Å². The van der Waals surface area contributed by atoms with E-state index in [1.807, 2.05) is 18.2 Å². The first-order valence-electron chi connectivity index (χ1n) is 4.24. The molecule has 0 aliphatic carbocycles. The minimum atomic E-state index is 0.741. The van der Waals surface area contributed by atoms with Crippen LogP contribution in [0, 0.1) is 6.92 Å². The van der Waals surface area contributed by atoms with Gasteiger partial charge in [0.25, 0.3) is 0 Å². The topological polar surface area (TPSA) is 9.23 Å². The largest absolute Gasteiger partial charge is 0.494 e. The number of halogens is 1. The second-order valence-electron chi connectivity index (χ2n) is 2.84. The van der Waals surface area contributed by atoms with Gasteiger partial charge in [-0.25, -0.2) is 0 Å². The molecule has 0 amide bonds. The van der Waals surface area contributed by atoms with Crippen molar-refractivity contribution < 1.29 is 4.74 Å². The molecule has 0 saturated heterocycles. The van der Waals surface area contributed by atoms with Gasteiger partial charge >= 0.3 is 0 Å². The minimum Gasteiger partial charge on any atom is -0.494 e. The predicted octanol–water partition coefficient (Wildman–Crippen LogP) is 3.46. The summed E-state index contributed by atoms with van der Waals surface area (Å²) in [6, 6.07) is 6.00. The third-order valence-electron chi connectivity index (χ3n) is 1.70. The van der Waals surface area contributed by atoms with E-state index in [-0.39, 0.29) is 0 Å². The van der Waals surface area contributed by atoms with E-state index >= 15 is 0 Å². The lowest BCUT2D eigenvalue weighted by Crippen LogP contribution is -1.97. The number of thiol groups is 1. The molecule has 0 aliphatic rings. The molecule has 13 heavy (non-hydrogen) atoms. The first-order valence-corrected chi connectivity index (χ1v) is 5.66. The zero-order valence-electron chi connectivity index (χ0n) is 7.59. The molecular formula is C10H13BrOS. The molecule has 0 atom stereocenters. The number of ether oxygens (including phenoxy) is 1. The van der Waals surface area contributed by atoms with Gasteiger partial charge in [-0.05, 0) is 42.9 Å². The fourth-order valence-corrected chi connectivity index (χ4v) is 1.34. The summed E-state index contributed by atoms with van der Waals surface area (Å²) in [5.74, 6) is 1.80. The summed E-state index contributed by atoms with van der Waals surface area (Å²) in [6.45, 7) is 2.79. The Hall–Kier alpha value is -0.150. The Morgan fingerprint density at radius 1 is 1.46 bits per heavy atom. The average molecular weight is 261 g/mol. The zero-order valence-corrected chi connectivity index (χ0v) is 10.1. The lowest BCUT2D eigenvalue weighted by atomic mass is 10.2. The van der Waals surface area contributed by atoms with Crippen LogP contribution in [0.15, 0.2) is 22.7 Å². The third-order valence-corrected chi connectivity index (χ3v) is 2.91. The van der Waals surface area contributed by atoms with Gasteiger partial charge in [0.2, 0.25) is 0 Å². The maximum absolute atomic E-state index is 5.51. The Balaban J connectivity index is 2.53. The second kappa shape index (κ2) is 5.55. The van der Waals surface area contributed by atoms with Crippen LogP contribution in [0.2, 0.25) is 0 Å². The molecule has 1 rings (SSSR count). The van der Waals surface area contributed by atoms with Crippen LogP contribution in [-0.4, -0.2) is 12.4 Å². The molecule has 1 aromatic carbocycles. The van der Waals surface area contributed by atoms with Crippen molar-refractivity contribution in [1.29, 1.82) is 0 Å². The highest BCUT2D eigenvalue weighted by atomic mass is 79.9. The Labute approximate surface area is 93.0 Å². The predicted molar refractivity (Wildman–Crippen MR) is 62.8 cm³/mol. The Morgan fingerprint density at radius 3 is 2.85 bits per heavy atom. The summed E-state index contributed by atoms with van der Waals surface area (Å²) in [6.07, 6.45) is 0.984. The fraction of sp³-hybridized carbons (Fsp3) is 0.400. The van der Waals surface area contributed by atoms with Crippen molar-refractivity contribution in [1.82, 2.24) is 0 Å². The van der Waals surface area contributed by atoms with Crippen LogP contribution in [0.3, 0.4) is 0 Å². The van der Waals surface area contributed by atoms with Gasteiger partial charge in [0.05, 0.1) is 6.61 Å². The van der Waals surface area contributed by atoms with Crippen molar-refractivity contribution in [3.63, 3.8) is 0 Å². The lowest BCUT2D eigenvalue weighted by Gasteiger charge is -2.06. The number of hydrogen-bond donors (Lipinski definition) is 1. The van der Waals surface area contributed by atoms with Crippen molar-refractivity contribution in [2.24, 2.45) is 0 Å². The molecule has 1 nitrogen and oxygen atoms in total. The van der Waals surface area contributed by atoms with E-state index in [1.165, 1.54) is 5.56 Å². The van der Waals surface area contributed by atoms with Crippen LogP contribution in [0.5, 0.6) is 5.75 Å². The number of benzene rings is 1. The summed E-state index contributed by atoms with van der Waals surface area (Å²) < 4.78 is 6.63. The molecule has 3 heteroatoms. The van der Waals surface area contributed by atoms with Gasteiger partial charge in [-0.2, -0.15) is 12.6 Å². The van der Waals surface area contributed by atoms with Crippen molar-refractivity contribution in [2.75, 3.05) is 12.4 Å². The maximum Gasteiger partial charge on any atom is 0.119 e. The maximum atomic E-state index is 5.51. The Morgan fingerprint density at radius 2 is 2.23 bits per heavy atom. The molecular weight excluding hydrogens is 248 g/mol. The van der Waals surface area contributed by atoms with Crippen molar-refractivity contribution in [3.05, 3.63) is 28.2 Å². The van der Waals surface area contributed by atoms with E-state index in [9.17, 15) is 0 Å². The Bertz CT molecular complexity index is 276. The van der Waals surface area contributed by atoms with Crippen molar-refractivity contribution in [2.45, 2.75) is 13.3 Å². The molecule has 72 valence electrons. The van der Waals surface area contributed by atoms with Gasteiger partial charge in [-0.15, -0.1) is 0 Å². The smallest absolute Gasteiger partial charge is 0.119 e. The highest BCUT2D eigenvalue weighted by molar-refractivity contribution is 9.10. The third kappa shape index (κ3) is 3.61. The number of rotatable bonds is 4. The Kier molecular flexibility index (Phi) is 4.67. The van der Waals surface area contributed by atoms with Gasteiger partial charge in [0.1, 0.15) is 5.75 Å². The van der Waals surface area contributed by atoms with Crippen LogP contribution in [0.1, 0.15) is 12.0 Å². The molecule has 0 radical (unpaired) electrons.